The molecule has 0 aromatic carbocycles. The van der Waals surface area contributed by atoms with Crippen molar-refractivity contribution < 1.29 is 18.9 Å². The molecule has 0 aliphatic carbocycles. The zero-order chi connectivity index (χ0) is 16.2. The Morgan fingerprint density at radius 2 is 1.95 bits per heavy atom. The van der Waals surface area contributed by atoms with Crippen LogP contribution in [0.2, 0.25) is 0 Å². The van der Waals surface area contributed by atoms with Gasteiger partial charge in [-0.15, -0.1) is 0 Å². The van der Waals surface area contributed by atoms with Crippen LogP contribution in [0, 0.1) is 0 Å². The third-order valence-electron chi connectivity index (χ3n) is 4.45. The number of aromatic nitrogens is 2. The minimum atomic E-state index is -0.756. The highest BCUT2D eigenvalue weighted by atomic mass is 16.8. The lowest BCUT2D eigenvalue weighted by atomic mass is 10.0. The van der Waals surface area contributed by atoms with E-state index in [-0.39, 0.29) is 17.8 Å². The molecule has 124 valence electrons. The Balaban J connectivity index is 1.69. The van der Waals surface area contributed by atoms with Crippen molar-refractivity contribution in [1.82, 2.24) is 9.78 Å². The summed E-state index contributed by atoms with van der Waals surface area (Å²) < 4.78 is 25.4. The lowest BCUT2D eigenvalue weighted by Gasteiger charge is -2.24. The summed E-state index contributed by atoms with van der Waals surface area (Å²) in [6, 6.07) is 0. The Bertz CT molecular complexity index is 554. The predicted molar refractivity (Wildman–Crippen MR) is 80.2 cm³/mol. The Morgan fingerprint density at radius 3 is 2.50 bits per heavy atom. The van der Waals surface area contributed by atoms with Crippen LogP contribution >= 0.6 is 0 Å². The summed E-state index contributed by atoms with van der Waals surface area (Å²) in [7, 11) is 0. The van der Waals surface area contributed by atoms with Crippen molar-refractivity contribution in [1.29, 1.82) is 0 Å². The van der Waals surface area contributed by atoms with Crippen molar-refractivity contribution in [2.75, 3.05) is 6.61 Å². The molecule has 0 saturated carbocycles. The highest BCUT2D eigenvalue weighted by Crippen LogP contribution is 2.42. The van der Waals surface area contributed by atoms with Gasteiger partial charge in [-0.25, -0.2) is 0 Å². The topological polar surface area (TPSA) is 54.7 Å². The van der Waals surface area contributed by atoms with Gasteiger partial charge >= 0.3 is 0 Å². The molecule has 3 heterocycles. The molecule has 3 rings (SSSR count). The second kappa shape index (κ2) is 5.03. The number of rotatable bonds is 3. The molecular weight excluding hydrogens is 284 g/mol. The van der Waals surface area contributed by atoms with Gasteiger partial charge in [0.05, 0.1) is 31.1 Å². The van der Waals surface area contributed by atoms with E-state index in [2.05, 4.69) is 5.10 Å². The first-order valence-electron chi connectivity index (χ1n) is 7.82. The van der Waals surface area contributed by atoms with Gasteiger partial charge in [-0.1, -0.05) is 0 Å². The van der Waals surface area contributed by atoms with Gasteiger partial charge < -0.3 is 18.9 Å². The standard InChI is InChI=1S/C16H26N2O4/c1-11-14(2,3)22-16(6,20-11)12-7-17-18(8-12)9-13-10-19-15(4,5)21-13/h7-8,11,13H,9-10H2,1-6H3. The SMILES string of the molecule is CC1OC(C)(c2cnn(CC3COC(C)(C)O3)c2)OC1(C)C. The second-order valence-corrected chi connectivity index (χ2v) is 7.31. The van der Waals surface area contributed by atoms with Crippen LogP contribution in [0.15, 0.2) is 12.4 Å². The van der Waals surface area contributed by atoms with Gasteiger partial charge in [-0.2, -0.15) is 5.10 Å². The molecule has 6 nitrogen and oxygen atoms in total. The lowest BCUT2D eigenvalue weighted by Crippen LogP contribution is -2.31. The molecular formula is C16H26N2O4. The van der Waals surface area contributed by atoms with E-state index in [9.17, 15) is 0 Å². The fourth-order valence-electron chi connectivity index (χ4n) is 2.97. The third kappa shape index (κ3) is 2.93. The molecule has 2 fully saturated rings. The average molecular weight is 310 g/mol. The van der Waals surface area contributed by atoms with Gasteiger partial charge in [0.1, 0.15) is 6.10 Å². The van der Waals surface area contributed by atoms with Crippen LogP contribution in [0.3, 0.4) is 0 Å². The Labute approximate surface area is 131 Å². The summed E-state index contributed by atoms with van der Waals surface area (Å²) in [6.07, 6.45) is 3.79. The molecule has 2 aliphatic heterocycles. The van der Waals surface area contributed by atoms with Gasteiger partial charge in [-0.05, 0) is 41.5 Å². The molecule has 3 atom stereocenters. The minimum absolute atomic E-state index is 0.0105. The van der Waals surface area contributed by atoms with E-state index >= 15 is 0 Å². The first-order chi connectivity index (χ1) is 10.1. The first-order valence-corrected chi connectivity index (χ1v) is 7.82. The molecule has 0 radical (unpaired) electrons. The maximum absolute atomic E-state index is 6.12. The van der Waals surface area contributed by atoms with E-state index in [1.165, 1.54) is 0 Å². The Hall–Kier alpha value is -0.950. The number of ether oxygens (including phenoxy) is 4. The molecule has 2 aliphatic rings. The van der Waals surface area contributed by atoms with Crippen molar-refractivity contribution >= 4 is 0 Å². The van der Waals surface area contributed by atoms with Crippen molar-refractivity contribution in [3.63, 3.8) is 0 Å². The number of hydrogen-bond acceptors (Lipinski definition) is 5. The van der Waals surface area contributed by atoms with E-state index < -0.39 is 11.6 Å². The summed E-state index contributed by atoms with van der Waals surface area (Å²) in [5, 5.41) is 4.41. The Kier molecular flexibility index (Phi) is 3.64. The van der Waals surface area contributed by atoms with Gasteiger partial charge in [0.25, 0.3) is 0 Å². The average Bonchev–Trinajstić information content (AvgIpc) is 3.00. The normalized spacial score (nSPS) is 36.8. The zero-order valence-electron chi connectivity index (χ0n) is 14.3. The number of nitrogens with zero attached hydrogens (tertiary/aromatic N) is 2. The van der Waals surface area contributed by atoms with E-state index in [0.29, 0.717) is 13.2 Å². The summed E-state index contributed by atoms with van der Waals surface area (Å²) in [5.74, 6) is -1.27. The molecule has 0 N–H and O–H groups in total. The van der Waals surface area contributed by atoms with Crippen LogP contribution in [-0.2, 0) is 31.3 Å². The fraction of sp³-hybridized carbons (Fsp3) is 0.812. The number of hydrogen-bond donors (Lipinski definition) is 0. The van der Waals surface area contributed by atoms with Crippen LogP contribution in [0.25, 0.3) is 0 Å². The minimum Gasteiger partial charge on any atom is -0.348 e. The van der Waals surface area contributed by atoms with Crippen molar-refractivity contribution in [3.8, 4) is 0 Å². The lowest BCUT2D eigenvalue weighted by molar-refractivity contribution is -0.179. The summed E-state index contributed by atoms with van der Waals surface area (Å²) in [5.41, 5.74) is 0.603. The quantitative estimate of drug-likeness (QED) is 0.858. The van der Waals surface area contributed by atoms with Crippen LogP contribution in [-0.4, -0.2) is 40.0 Å². The van der Waals surface area contributed by atoms with Crippen LogP contribution in [0.4, 0.5) is 0 Å². The molecule has 6 heteroatoms. The van der Waals surface area contributed by atoms with Crippen LogP contribution in [0.5, 0.6) is 0 Å². The third-order valence-corrected chi connectivity index (χ3v) is 4.45. The largest absolute Gasteiger partial charge is 0.348 e. The monoisotopic (exact) mass is 310 g/mol. The van der Waals surface area contributed by atoms with Gasteiger partial charge in [0.2, 0.25) is 0 Å². The van der Waals surface area contributed by atoms with E-state index in [0.717, 1.165) is 5.56 Å². The molecule has 1 aromatic heterocycles. The fourth-order valence-corrected chi connectivity index (χ4v) is 2.97. The maximum Gasteiger partial charge on any atom is 0.196 e. The van der Waals surface area contributed by atoms with Crippen LogP contribution in [0.1, 0.15) is 47.1 Å². The molecule has 3 unspecified atom stereocenters. The first kappa shape index (κ1) is 15.9. The summed E-state index contributed by atoms with van der Waals surface area (Å²) in [4.78, 5) is 0. The summed E-state index contributed by atoms with van der Waals surface area (Å²) in [6.45, 7) is 13.1. The predicted octanol–water partition coefficient (Wildman–Crippen LogP) is 2.42. The maximum atomic E-state index is 6.12. The molecule has 0 amide bonds. The Morgan fingerprint density at radius 1 is 1.23 bits per heavy atom. The van der Waals surface area contributed by atoms with Gasteiger partial charge in [0.15, 0.2) is 11.6 Å². The highest BCUT2D eigenvalue weighted by molar-refractivity contribution is 5.14. The van der Waals surface area contributed by atoms with Gasteiger partial charge in [-0.3, -0.25) is 4.68 Å². The molecule has 0 bridgehead atoms. The van der Waals surface area contributed by atoms with Crippen LogP contribution < -0.4 is 0 Å². The van der Waals surface area contributed by atoms with E-state index in [4.69, 9.17) is 18.9 Å². The molecule has 2 saturated heterocycles. The molecule has 22 heavy (non-hydrogen) atoms. The van der Waals surface area contributed by atoms with Crippen molar-refractivity contribution in [2.24, 2.45) is 0 Å². The molecule has 1 aromatic rings. The van der Waals surface area contributed by atoms with Crippen molar-refractivity contribution in [3.05, 3.63) is 18.0 Å². The van der Waals surface area contributed by atoms with E-state index in [1.54, 1.807) is 6.20 Å². The smallest absolute Gasteiger partial charge is 0.196 e. The van der Waals surface area contributed by atoms with Crippen molar-refractivity contribution in [2.45, 2.75) is 77.5 Å². The highest BCUT2D eigenvalue weighted by Gasteiger charge is 2.49. The molecule has 0 spiro atoms. The van der Waals surface area contributed by atoms with E-state index in [1.807, 2.05) is 52.4 Å². The van der Waals surface area contributed by atoms with Gasteiger partial charge in [0, 0.05) is 11.8 Å². The summed E-state index contributed by atoms with van der Waals surface area (Å²) >= 11 is 0. The zero-order valence-corrected chi connectivity index (χ0v) is 14.3. The second-order valence-electron chi connectivity index (χ2n) is 7.31.